The summed E-state index contributed by atoms with van der Waals surface area (Å²) in [5, 5.41) is 12.8. The third-order valence-corrected chi connectivity index (χ3v) is 6.43. The topological polar surface area (TPSA) is 32.7 Å². The molecule has 0 amide bonds. The van der Waals surface area contributed by atoms with Crippen molar-refractivity contribution in [3.05, 3.63) is 69.2 Å². The fraction of sp³-hybridized carbons (Fsp3) is 0.478. The number of morpholine rings is 1. The van der Waals surface area contributed by atoms with Gasteiger partial charge in [-0.3, -0.25) is 4.90 Å². The molecule has 1 N–H and O–H groups in total. The zero-order valence-electron chi connectivity index (χ0n) is 16.8. The smallest absolute Gasteiger partial charge is 0.0977 e. The van der Waals surface area contributed by atoms with E-state index in [9.17, 15) is 5.11 Å². The Balaban J connectivity index is 0.00000300. The van der Waals surface area contributed by atoms with E-state index in [4.69, 9.17) is 16.3 Å². The largest absolute Gasteiger partial charge is 0.384 e. The highest BCUT2D eigenvalue weighted by molar-refractivity contribution is 9.10. The molecular weight excluding hydrogens is 473 g/mol. The van der Waals surface area contributed by atoms with Crippen LogP contribution in [0.2, 0.25) is 5.02 Å². The van der Waals surface area contributed by atoms with E-state index in [1.54, 1.807) is 0 Å². The second kappa shape index (κ2) is 11.7. The van der Waals surface area contributed by atoms with Gasteiger partial charge in [0.25, 0.3) is 0 Å². The van der Waals surface area contributed by atoms with Gasteiger partial charge >= 0.3 is 0 Å². The molecule has 29 heavy (non-hydrogen) atoms. The maximum absolute atomic E-state index is 12.1. The van der Waals surface area contributed by atoms with E-state index in [1.807, 2.05) is 36.4 Å². The second-order valence-electron chi connectivity index (χ2n) is 7.55. The van der Waals surface area contributed by atoms with Crippen LogP contribution in [-0.4, -0.2) is 42.9 Å². The Hall–Kier alpha value is -0.620. The average molecular weight is 503 g/mol. The first-order valence-corrected chi connectivity index (χ1v) is 11.2. The summed E-state index contributed by atoms with van der Waals surface area (Å²) in [6.07, 6.45) is 2.74. The van der Waals surface area contributed by atoms with Gasteiger partial charge in [-0.25, -0.2) is 0 Å². The Labute approximate surface area is 193 Å². The van der Waals surface area contributed by atoms with Gasteiger partial charge in [-0.15, -0.1) is 12.4 Å². The molecule has 0 radical (unpaired) electrons. The monoisotopic (exact) mass is 501 g/mol. The van der Waals surface area contributed by atoms with Crippen molar-refractivity contribution in [1.29, 1.82) is 0 Å². The lowest BCUT2D eigenvalue weighted by Crippen LogP contribution is -2.45. The van der Waals surface area contributed by atoms with Crippen LogP contribution >= 0.6 is 39.9 Å². The number of nitrogens with zero attached hydrogens (tertiary/aromatic N) is 1. The van der Waals surface area contributed by atoms with Crippen LogP contribution in [0.1, 0.15) is 43.2 Å². The third kappa shape index (κ3) is 6.43. The highest BCUT2D eigenvalue weighted by Gasteiger charge is 2.40. The minimum atomic E-state index is -0.942. The van der Waals surface area contributed by atoms with Gasteiger partial charge in [0.05, 0.1) is 18.8 Å². The molecule has 0 aromatic heterocycles. The van der Waals surface area contributed by atoms with Gasteiger partial charge in [0.2, 0.25) is 0 Å². The molecule has 0 bridgehead atoms. The van der Waals surface area contributed by atoms with Crippen molar-refractivity contribution < 1.29 is 9.84 Å². The Morgan fingerprint density at radius 3 is 2.31 bits per heavy atom. The molecule has 0 aliphatic carbocycles. The van der Waals surface area contributed by atoms with E-state index < -0.39 is 5.60 Å². The number of rotatable bonds is 8. The molecule has 1 aliphatic rings. The average Bonchev–Trinajstić information content (AvgIpc) is 2.72. The molecule has 1 fully saturated rings. The SMILES string of the molecule is CCCCC(O)(c1ccc(Br)cc1)C(CN1CCOCC1)c1ccc(Cl)cc1.Cl. The number of aliphatic hydroxyl groups is 1. The zero-order valence-corrected chi connectivity index (χ0v) is 20.0. The summed E-state index contributed by atoms with van der Waals surface area (Å²) in [5.74, 6) is -0.0457. The van der Waals surface area contributed by atoms with Crippen molar-refractivity contribution >= 4 is 39.9 Å². The predicted octanol–water partition coefficient (Wildman–Crippen LogP) is 6.02. The first-order valence-electron chi connectivity index (χ1n) is 10.1. The van der Waals surface area contributed by atoms with E-state index >= 15 is 0 Å². The molecule has 0 saturated carbocycles. The predicted molar refractivity (Wildman–Crippen MR) is 126 cm³/mol. The van der Waals surface area contributed by atoms with Gasteiger partial charge in [-0.1, -0.05) is 71.6 Å². The van der Waals surface area contributed by atoms with Gasteiger partial charge < -0.3 is 9.84 Å². The molecule has 0 spiro atoms. The summed E-state index contributed by atoms with van der Waals surface area (Å²) in [6.45, 7) is 6.25. The molecular formula is C23H30BrCl2NO2. The van der Waals surface area contributed by atoms with Crippen molar-refractivity contribution in [2.24, 2.45) is 0 Å². The fourth-order valence-corrected chi connectivity index (χ4v) is 4.36. The Bertz CT molecular complexity index is 736. The Morgan fingerprint density at radius 2 is 1.72 bits per heavy atom. The summed E-state index contributed by atoms with van der Waals surface area (Å²) in [4.78, 5) is 2.40. The van der Waals surface area contributed by atoms with Crippen LogP contribution in [-0.2, 0) is 10.3 Å². The van der Waals surface area contributed by atoms with Crippen molar-refractivity contribution in [2.75, 3.05) is 32.8 Å². The van der Waals surface area contributed by atoms with E-state index in [2.05, 4.69) is 39.9 Å². The quantitative estimate of drug-likeness (QED) is 0.479. The van der Waals surface area contributed by atoms with Crippen LogP contribution in [0, 0.1) is 0 Å². The summed E-state index contributed by atoms with van der Waals surface area (Å²) in [6, 6.07) is 16.1. The van der Waals surface area contributed by atoms with Crippen molar-refractivity contribution in [3.8, 4) is 0 Å². The number of halogens is 3. The summed E-state index contributed by atoms with van der Waals surface area (Å²) in [7, 11) is 0. The highest BCUT2D eigenvalue weighted by atomic mass is 79.9. The molecule has 2 atom stereocenters. The van der Waals surface area contributed by atoms with Crippen LogP contribution in [0.4, 0.5) is 0 Å². The van der Waals surface area contributed by atoms with Crippen LogP contribution in [0.15, 0.2) is 53.0 Å². The molecule has 2 aromatic carbocycles. The number of hydrogen-bond donors (Lipinski definition) is 1. The minimum absolute atomic E-state index is 0. The summed E-state index contributed by atoms with van der Waals surface area (Å²) < 4.78 is 6.54. The number of unbranched alkanes of at least 4 members (excludes halogenated alkanes) is 1. The van der Waals surface area contributed by atoms with Crippen molar-refractivity contribution in [1.82, 2.24) is 4.90 Å². The van der Waals surface area contributed by atoms with Gasteiger partial charge in [0.15, 0.2) is 0 Å². The third-order valence-electron chi connectivity index (χ3n) is 5.65. The lowest BCUT2D eigenvalue weighted by Gasteiger charge is -2.41. The second-order valence-corrected chi connectivity index (χ2v) is 8.90. The summed E-state index contributed by atoms with van der Waals surface area (Å²) in [5.41, 5.74) is 1.15. The highest BCUT2D eigenvalue weighted by Crippen LogP contribution is 2.42. The molecule has 160 valence electrons. The number of benzene rings is 2. The minimum Gasteiger partial charge on any atom is -0.384 e. The van der Waals surface area contributed by atoms with E-state index in [0.717, 1.165) is 72.7 Å². The standard InChI is InChI=1S/C23H29BrClNO2.ClH/c1-2-3-12-23(27,19-6-8-20(24)9-7-19)22(17-26-13-15-28-16-14-26)18-4-10-21(25)11-5-18;/h4-11,22,27H,2-3,12-17H2,1H3;1H. The maximum Gasteiger partial charge on any atom is 0.0977 e. The first kappa shape index (κ1) is 24.6. The Kier molecular flexibility index (Phi) is 9.93. The van der Waals surface area contributed by atoms with Gasteiger partial charge in [0.1, 0.15) is 0 Å². The maximum atomic E-state index is 12.1. The van der Waals surface area contributed by atoms with Crippen LogP contribution in [0.5, 0.6) is 0 Å². The zero-order chi connectivity index (χ0) is 20.0. The van der Waals surface area contributed by atoms with E-state index in [-0.39, 0.29) is 18.3 Å². The number of ether oxygens (including phenoxy) is 1. The van der Waals surface area contributed by atoms with Gasteiger partial charge in [-0.05, 0) is 41.8 Å². The van der Waals surface area contributed by atoms with Crippen LogP contribution in [0.25, 0.3) is 0 Å². The van der Waals surface area contributed by atoms with Crippen LogP contribution in [0.3, 0.4) is 0 Å². The van der Waals surface area contributed by atoms with Crippen molar-refractivity contribution in [2.45, 2.75) is 37.7 Å². The van der Waals surface area contributed by atoms with Crippen molar-refractivity contribution in [3.63, 3.8) is 0 Å². The van der Waals surface area contributed by atoms with Crippen LogP contribution < -0.4 is 0 Å². The molecule has 3 nitrogen and oxygen atoms in total. The molecule has 1 heterocycles. The van der Waals surface area contributed by atoms with Gasteiger partial charge in [-0.2, -0.15) is 0 Å². The number of hydrogen-bond acceptors (Lipinski definition) is 3. The molecule has 2 unspecified atom stereocenters. The molecule has 1 aliphatic heterocycles. The van der Waals surface area contributed by atoms with E-state index in [1.165, 1.54) is 0 Å². The lowest BCUT2D eigenvalue weighted by atomic mass is 9.74. The molecule has 6 heteroatoms. The lowest BCUT2D eigenvalue weighted by molar-refractivity contribution is -0.0293. The first-order chi connectivity index (χ1) is 13.5. The summed E-state index contributed by atoms with van der Waals surface area (Å²) >= 11 is 9.66. The normalized spacial score (nSPS) is 17.9. The fourth-order valence-electron chi connectivity index (χ4n) is 3.97. The molecule has 1 saturated heterocycles. The molecule has 2 aromatic rings. The van der Waals surface area contributed by atoms with Gasteiger partial charge in [0, 0.05) is 35.0 Å². The van der Waals surface area contributed by atoms with E-state index in [0.29, 0.717) is 0 Å². The molecule has 3 rings (SSSR count). The Morgan fingerprint density at radius 1 is 1.10 bits per heavy atom.